The van der Waals surface area contributed by atoms with E-state index >= 15 is 0 Å². The third kappa shape index (κ3) is 7.06. The molecule has 0 aliphatic heterocycles. The Bertz CT molecular complexity index is 660. The molecule has 0 fully saturated rings. The Balaban J connectivity index is 1.74. The molecule has 0 radical (unpaired) electrons. The molecule has 136 valence electrons. The Hall–Kier alpha value is -2.19. The van der Waals surface area contributed by atoms with Gasteiger partial charge in [-0.15, -0.1) is 5.10 Å². The Morgan fingerprint density at radius 3 is 2.80 bits per heavy atom. The minimum absolute atomic E-state index is 0.0390. The number of ether oxygens (including phenoxy) is 2. The zero-order chi connectivity index (χ0) is 18.1. The van der Waals surface area contributed by atoms with Crippen molar-refractivity contribution in [3.8, 4) is 5.75 Å². The molecule has 25 heavy (non-hydrogen) atoms. The predicted octanol–water partition coefficient (Wildman–Crippen LogP) is 1.84. The van der Waals surface area contributed by atoms with Crippen LogP contribution >= 0.6 is 11.6 Å². The fraction of sp³-hybridized carbons (Fsp3) is 0.500. The van der Waals surface area contributed by atoms with Crippen LogP contribution in [0.4, 0.5) is 0 Å². The van der Waals surface area contributed by atoms with Crippen LogP contribution in [-0.4, -0.2) is 45.4 Å². The lowest BCUT2D eigenvalue weighted by atomic mass is 10.3. The first-order valence-electron chi connectivity index (χ1n) is 8.06. The van der Waals surface area contributed by atoms with Gasteiger partial charge in [-0.05, 0) is 55.0 Å². The van der Waals surface area contributed by atoms with E-state index in [2.05, 4.69) is 20.8 Å². The Morgan fingerprint density at radius 1 is 1.32 bits per heavy atom. The summed E-state index contributed by atoms with van der Waals surface area (Å²) >= 11 is 5.83. The summed E-state index contributed by atoms with van der Waals surface area (Å²) < 4.78 is 12.4. The van der Waals surface area contributed by atoms with E-state index in [1.54, 1.807) is 24.3 Å². The molecular formula is C16H22ClN5O3. The lowest BCUT2D eigenvalue weighted by molar-refractivity contribution is -0.122. The summed E-state index contributed by atoms with van der Waals surface area (Å²) in [6.45, 7) is 5.31. The van der Waals surface area contributed by atoms with Gasteiger partial charge in [0.15, 0.2) is 5.82 Å². The van der Waals surface area contributed by atoms with Crippen molar-refractivity contribution in [3.63, 3.8) is 0 Å². The van der Waals surface area contributed by atoms with Crippen LogP contribution in [0.15, 0.2) is 24.3 Å². The Morgan fingerprint density at radius 2 is 2.08 bits per heavy atom. The number of rotatable bonds is 10. The highest BCUT2D eigenvalue weighted by Crippen LogP contribution is 2.16. The molecule has 1 heterocycles. The van der Waals surface area contributed by atoms with Crippen LogP contribution in [0.1, 0.15) is 26.1 Å². The molecule has 1 aromatic heterocycles. The topological polar surface area (TPSA) is 91.2 Å². The highest BCUT2D eigenvalue weighted by Gasteiger charge is 2.11. The number of amides is 1. The van der Waals surface area contributed by atoms with E-state index in [-0.39, 0.29) is 25.2 Å². The molecule has 9 heteroatoms. The number of aromatic nitrogens is 4. The highest BCUT2D eigenvalue weighted by molar-refractivity contribution is 6.30. The van der Waals surface area contributed by atoms with E-state index in [1.165, 1.54) is 4.68 Å². The van der Waals surface area contributed by atoms with Gasteiger partial charge >= 0.3 is 0 Å². The van der Waals surface area contributed by atoms with Gasteiger partial charge < -0.3 is 14.8 Å². The van der Waals surface area contributed by atoms with E-state index in [1.807, 2.05) is 13.8 Å². The van der Waals surface area contributed by atoms with E-state index in [9.17, 15) is 4.79 Å². The standard InChI is InChI=1S/C16H22ClN5O3/c1-12(2)24-9-3-8-18-16(23)10-22-15(19-20-21-22)11-25-14-6-4-13(17)5-7-14/h4-7,12H,3,8-11H2,1-2H3,(H,18,23). The molecule has 0 bridgehead atoms. The van der Waals surface area contributed by atoms with Crippen LogP contribution in [-0.2, 0) is 22.7 Å². The van der Waals surface area contributed by atoms with Crippen LogP contribution in [0.2, 0.25) is 5.02 Å². The number of carbonyl (C=O) groups excluding carboxylic acids is 1. The molecule has 2 rings (SSSR count). The normalized spacial score (nSPS) is 10.9. The van der Waals surface area contributed by atoms with Crippen LogP contribution < -0.4 is 10.1 Å². The Labute approximate surface area is 151 Å². The Kier molecular flexibility index (Phi) is 7.62. The first-order chi connectivity index (χ1) is 12.0. The van der Waals surface area contributed by atoms with Crippen LogP contribution in [0, 0.1) is 0 Å². The summed E-state index contributed by atoms with van der Waals surface area (Å²) in [6.07, 6.45) is 0.951. The minimum atomic E-state index is -0.162. The molecule has 0 saturated carbocycles. The van der Waals surface area contributed by atoms with Gasteiger partial charge in [-0.1, -0.05) is 11.6 Å². The van der Waals surface area contributed by atoms with Gasteiger partial charge in [0.05, 0.1) is 6.10 Å². The van der Waals surface area contributed by atoms with Gasteiger partial charge in [0.1, 0.15) is 18.9 Å². The number of hydrogen-bond donors (Lipinski definition) is 1. The van der Waals surface area contributed by atoms with Gasteiger partial charge in [-0.3, -0.25) is 4.79 Å². The van der Waals surface area contributed by atoms with Gasteiger partial charge in [0.2, 0.25) is 5.91 Å². The average Bonchev–Trinajstić information content (AvgIpc) is 3.01. The molecule has 0 aliphatic carbocycles. The largest absolute Gasteiger partial charge is 0.486 e. The van der Waals surface area contributed by atoms with E-state index in [0.717, 1.165) is 6.42 Å². The average molecular weight is 368 g/mol. The number of nitrogens with one attached hydrogen (secondary N) is 1. The van der Waals surface area contributed by atoms with Crippen molar-refractivity contribution in [3.05, 3.63) is 35.1 Å². The van der Waals surface area contributed by atoms with Crippen molar-refractivity contribution >= 4 is 17.5 Å². The SMILES string of the molecule is CC(C)OCCCNC(=O)Cn1nnnc1COc1ccc(Cl)cc1. The second-order valence-electron chi connectivity index (χ2n) is 5.62. The van der Waals surface area contributed by atoms with Crippen molar-refractivity contribution < 1.29 is 14.3 Å². The van der Waals surface area contributed by atoms with Crippen molar-refractivity contribution in [1.29, 1.82) is 0 Å². The first-order valence-corrected chi connectivity index (χ1v) is 8.44. The minimum Gasteiger partial charge on any atom is -0.486 e. The number of halogens is 1. The summed E-state index contributed by atoms with van der Waals surface area (Å²) in [6, 6.07) is 6.97. The fourth-order valence-corrected chi connectivity index (χ4v) is 2.07. The summed E-state index contributed by atoms with van der Waals surface area (Å²) in [5, 5.41) is 14.7. The van der Waals surface area contributed by atoms with Crippen LogP contribution in [0.3, 0.4) is 0 Å². The molecule has 0 spiro atoms. The third-order valence-corrected chi connectivity index (χ3v) is 3.43. The monoisotopic (exact) mass is 367 g/mol. The number of nitrogens with zero attached hydrogens (tertiary/aromatic N) is 4. The van der Waals surface area contributed by atoms with Crippen molar-refractivity contribution in [2.75, 3.05) is 13.2 Å². The van der Waals surface area contributed by atoms with E-state index < -0.39 is 0 Å². The maximum atomic E-state index is 11.9. The predicted molar refractivity (Wildman–Crippen MR) is 92.3 cm³/mol. The molecular weight excluding hydrogens is 346 g/mol. The fourth-order valence-electron chi connectivity index (χ4n) is 1.94. The summed E-state index contributed by atoms with van der Waals surface area (Å²) in [5.74, 6) is 0.950. The van der Waals surface area contributed by atoms with E-state index in [4.69, 9.17) is 21.1 Å². The highest BCUT2D eigenvalue weighted by atomic mass is 35.5. The summed E-state index contributed by atoms with van der Waals surface area (Å²) in [5.41, 5.74) is 0. The number of tetrazole rings is 1. The van der Waals surface area contributed by atoms with Crippen molar-refractivity contribution in [2.45, 2.75) is 39.5 Å². The second kappa shape index (κ2) is 9.95. The molecule has 0 unspecified atom stereocenters. The summed E-state index contributed by atoms with van der Waals surface area (Å²) in [4.78, 5) is 11.9. The van der Waals surface area contributed by atoms with E-state index in [0.29, 0.717) is 29.7 Å². The van der Waals surface area contributed by atoms with Gasteiger partial charge in [-0.2, -0.15) is 0 Å². The molecule has 1 amide bonds. The van der Waals surface area contributed by atoms with Crippen molar-refractivity contribution in [2.24, 2.45) is 0 Å². The van der Waals surface area contributed by atoms with Gasteiger partial charge in [-0.25, -0.2) is 4.68 Å². The van der Waals surface area contributed by atoms with Crippen LogP contribution in [0.25, 0.3) is 0 Å². The third-order valence-electron chi connectivity index (χ3n) is 3.18. The maximum Gasteiger partial charge on any atom is 0.241 e. The molecule has 8 nitrogen and oxygen atoms in total. The second-order valence-corrected chi connectivity index (χ2v) is 6.05. The zero-order valence-electron chi connectivity index (χ0n) is 14.3. The number of benzene rings is 1. The molecule has 0 atom stereocenters. The first kappa shape index (κ1) is 19.1. The van der Waals surface area contributed by atoms with Gasteiger partial charge in [0, 0.05) is 18.2 Å². The number of carbonyl (C=O) groups is 1. The molecule has 1 N–H and O–H groups in total. The lowest BCUT2D eigenvalue weighted by Gasteiger charge is -2.09. The summed E-state index contributed by atoms with van der Waals surface area (Å²) in [7, 11) is 0. The smallest absolute Gasteiger partial charge is 0.241 e. The quantitative estimate of drug-likeness (QED) is 0.644. The maximum absolute atomic E-state index is 11.9. The molecule has 2 aromatic rings. The lowest BCUT2D eigenvalue weighted by Crippen LogP contribution is -2.30. The zero-order valence-corrected chi connectivity index (χ0v) is 15.1. The van der Waals surface area contributed by atoms with Crippen LogP contribution in [0.5, 0.6) is 5.75 Å². The molecule has 0 aliphatic rings. The molecule has 1 aromatic carbocycles. The van der Waals surface area contributed by atoms with Crippen molar-refractivity contribution in [1.82, 2.24) is 25.5 Å². The number of hydrogen-bond acceptors (Lipinski definition) is 6. The molecule has 0 saturated heterocycles. The van der Waals surface area contributed by atoms with Gasteiger partial charge in [0.25, 0.3) is 0 Å².